The summed E-state index contributed by atoms with van der Waals surface area (Å²) in [5, 5.41) is 9.63. The molecule has 0 unspecified atom stereocenters. The maximum atomic E-state index is 9.63. The van der Waals surface area contributed by atoms with Gasteiger partial charge in [-0.25, -0.2) is 4.98 Å². The van der Waals surface area contributed by atoms with Crippen molar-refractivity contribution in [2.75, 3.05) is 0 Å². The van der Waals surface area contributed by atoms with Gasteiger partial charge in [-0.2, -0.15) is 0 Å². The van der Waals surface area contributed by atoms with Gasteiger partial charge in [0.2, 0.25) is 5.89 Å². The van der Waals surface area contributed by atoms with Crippen LogP contribution in [0, 0.1) is 0 Å². The van der Waals surface area contributed by atoms with Crippen LogP contribution in [0.5, 0.6) is 5.75 Å². The van der Waals surface area contributed by atoms with Gasteiger partial charge in [0.25, 0.3) is 0 Å². The first-order valence-electron chi connectivity index (χ1n) is 5.08. The van der Waals surface area contributed by atoms with Crippen molar-refractivity contribution >= 4 is 27.0 Å². The van der Waals surface area contributed by atoms with Crippen molar-refractivity contribution in [1.82, 2.24) is 4.98 Å². The molecule has 0 saturated carbocycles. The summed E-state index contributed by atoms with van der Waals surface area (Å²) in [6.45, 7) is 0. The molecule has 2 aromatic carbocycles. The van der Waals surface area contributed by atoms with Gasteiger partial charge in [0.1, 0.15) is 5.52 Å². The fourth-order valence-corrected chi connectivity index (χ4v) is 1.91. The number of nitrogens with zero attached hydrogens (tertiary/aromatic N) is 1. The number of aromatic nitrogens is 1. The van der Waals surface area contributed by atoms with Crippen molar-refractivity contribution in [1.29, 1.82) is 0 Å². The van der Waals surface area contributed by atoms with Gasteiger partial charge < -0.3 is 9.52 Å². The quantitative estimate of drug-likeness (QED) is 0.737. The SMILES string of the molecule is Oc1cccc2nc(-c3ccc(Br)cc3)oc12. The van der Waals surface area contributed by atoms with Crippen molar-refractivity contribution < 1.29 is 9.52 Å². The monoisotopic (exact) mass is 289 g/mol. The third kappa shape index (κ3) is 1.80. The zero-order valence-electron chi connectivity index (χ0n) is 8.72. The van der Waals surface area contributed by atoms with Crippen LogP contribution in [0.15, 0.2) is 51.4 Å². The molecule has 0 amide bonds. The van der Waals surface area contributed by atoms with E-state index in [1.807, 2.05) is 24.3 Å². The molecule has 0 aliphatic rings. The summed E-state index contributed by atoms with van der Waals surface area (Å²) in [5.74, 6) is 0.618. The Kier molecular flexibility index (Phi) is 2.37. The topological polar surface area (TPSA) is 46.3 Å². The highest BCUT2D eigenvalue weighted by molar-refractivity contribution is 9.10. The Balaban J connectivity index is 2.18. The molecular weight excluding hydrogens is 282 g/mol. The molecule has 0 saturated heterocycles. The fraction of sp³-hybridized carbons (Fsp3) is 0. The van der Waals surface area contributed by atoms with Crippen LogP contribution in [0.3, 0.4) is 0 Å². The second-order valence-corrected chi connectivity index (χ2v) is 4.57. The van der Waals surface area contributed by atoms with Crippen molar-refractivity contribution in [3.63, 3.8) is 0 Å². The lowest BCUT2D eigenvalue weighted by molar-refractivity contribution is 0.466. The summed E-state index contributed by atoms with van der Waals surface area (Å²) >= 11 is 3.37. The Hall–Kier alpha value is -1.81. The second kappa shape index (κ2) is 3.89. The zero-order valence-corrected chi connectivity index (χ0v) is 10.3. The lowest BCUT2D eigenvalue weighted by Crippen LogP contribution is -1.75. The van der Waals surface area contributed by atoms with E-state index in [-0.39, 0.29) is 5.75 Å². The van der Waals surface area contributed by atoms with Crippen molar-refractivity contribution in [2.45, 2.75) is 0 Å². The lowest BCUT2D eigenvalue weighted by atomic mass is 10.2. The average Bonchev–Trinajstić information content (AvgIpc) is 2.75. The van der Waals surface area contributed by atoms with Crippen molar-refractivity contribution in [3.8, 4) is 17.2 Å². The van der Waals surface area contributed by atoms with Crippen LogP contribution >= 0.6 is 15.9 Å². The van der Waals surface area contributed by atoms with Crippen molar-refractivity contribution in [2.24, 2.45) is 0 Å². The number of rotatable bonds is 1. The van der Waals surface area contributed by atoms with Gasteiger partial charge in [0, 0.05) is 10.0 Å². The van der Waals surface area contributed by atoms with E-state index in [1.54, 1.807) is 18.2 Å². The van der Waals surface area contributed by atoms with Crippen LogP contribution in [0.25, 0.3) is 22.6 Å². The Labute approximate surface area is 106 Å². The molecule has 84 valence electrons. The molecule has 0 aliphatic heterocycles. The van der Waals surface area contributed by atoms with Crippen LogP contribution < -0.4 is 0 Å². The van der Waals surface area contributed by atoms with Crippen LogP contribution in [-0.4, -0.2) is 10.1 Å². The average molecular weight is 290 g/mol. The van der Waals surface area contributed by atoms with Gasteiger partial charge in [0.15, 0.2) is 11.3 Å². The highest BCUT2D eigenvalue weighted by Gasteiger charge is 2.10. The molecule has 0 atom stereocenters. The van der Waals surface area contributed by atoms with Crippen LogP contribution in [-0.2, 0) is 0 Å². The first-order chi connectivity index (χ1) is 8.24. The Bertz CT molecular complexity index is 673. The minimum atomic E-state index is 0.110. The van der Waals surface area contributed by atoms with Gasteiger partial charge in [-0.1, -0.05) is 22.0 Å². The van der Waals surface area contributed by atoms with Crippen LogP contribution in [0.2, 0.25) is 0 Å². The number of phenols is 1. The first-order valence-corrected chi connectivity index (χ1v) is 5.88. The second-order valence-electron chi connectivity index (χ2n) is 3.65. The molecule has 0 spiro atoms. The Morgan fingerprint density at radius 3 is 2.53 bits per heavy atom. The standard InChI is InChI=1S/C13H8BrNO2/c14-9-6-4-8(5-7-9)13-15-10-2-1-3-11(16)12(10)17-13/h1-7,16H. The molecule has 1 aromatic heterocycles. The smallest absolute Gasteiger partial charge is 0.227 e. The number of halogens is 1. The van der Waals surface area contributed by atoms with Crippen LogP contribution in [0.4, 0.5) is 0 Å². The molecule has 0 aliphatic carbocycles. The van der Waals surface area contributed by atoms with E-state index in [2.05, 4.69) is 20.9 Å². The molecule has 4 heteroatoms. The van der Waals surface area contributed by atoms with Gasteiger partial charge in [-0.05, 0) is 36.4 Å². The summed E-state index contributed by atoms with van der Waals surface area (Å²) < 4.78 is 6.55. The van der Waals surface area contributed by atoms with E-state index in [0.29, 0.717) is 17.0 Å². The Morgan fingerprint density at radius 2 is 1.82 bits per heavy atom. The zero-order chi connectivity index (χ0) is 11.8. The molecule has 3 nitrogen and oxygen atoms in total. The number of aromatic hydroxyl groups is 1. The number of phenolic OH excluding ortho intramolecular Hbond substituents is 1. The molecule has 0 fully saturated rings. The largest absolute Gasteiger partial charge is 0.504 e. The van der Waals surface area contributed by atoms with Crippen LogP contribution in [0.1, 0.15) is 0 Å². The number of hydrogen-bond donors (Lipinski definition) is 1. The number of benzene rings is 2. The van der Waals surface area contributed by atoms with Gasteiger partial charge >= 0.3 is 0 Å². The van der Waals surface area contributed by atoms with Gasteiger partial charge in [-0.15, -0.1) is 0 Å². The molecular formula is C13H8BrNO2. The molecule has 1 N–H and O–H groups in total. The Morgan fingerprint density at radius 1 is 1.06 bits per heavy atom. The van der Waals surface area contributed by atoms with E-state index < -0.39 is 0 Å². The van der Waals surface area contributed by atoms with Crippen molar-refractivity contribution in [3.05, 3.63) is 46.9 Å². The molecule has 0 bridgehead atoms. The molecule has 1 heterocycles. The number of para-hydroxylation sites is 1. The van der Waals surface area contributed by atoms with E-state index in [0.717, 1.165) is 10.0 Å². The number of hydrogen-bond acceptors (Lipinski definition) is 3. The third-order valence-corrected chi connectivity index (χ3v) is 3.01. The first kappa shape index (κ1) is 10.4. The molecule has 3 aromatic rings. The normalized spacial score (nSPS) is 10.9. The third-order valence-electron chi connectivity index (χ3n) is 2.49. The lowest BCUT2D eigenvalue weighted by Gasteiger charge is -1.94. The minimum Gasteiger partial charge on any atom is -0.504 e. The maximum absolute atomic E-state index is 9.63. The van der Waals surface area contributed by atoms with E-state index in [9.17, 15) is 5.11 Å². The predicted octanol–water partition coefficient (Wildman–Crippen LogP) is 3.96. The highest BCUT2D eigenvalue weighted by Crippen LogP contribution is 2.30. The van der Waals surface area contributed by atoms with E-state index in [1.165, 1.54) is 0 Å². The highest BCUT2D eigenvalue weighted by atomic mass is 79.9. The molecule has 3 rings (SSSR count). The summed E-state index contributed by atoms with van der Waals surface area (Å²) in [4.78, 5) is 4.33. The molecule has 0 radical (unpaired) electrons. The summed E-state index contributed by atoms with van der Waals surface area (Å²) in [7, 11) is 0. The maximum Gasteiger partial charge on any atom is 0.227 e. The predicted molar refractivity (Wildman–Crippen MR) is 68.8 cm³/mol. The van der Waals surface area contributed by atoms with Gasteiger partial charge in [0.05, 0.1) is 0 Å². The summed E-state index contributed by atoms with van der Waals surface area (Å²) in [6, 6.07) is 12.8. The van der Waals surface area contributed by atoms with E-state index >= 15 is 0 Å². The molecule has 17 heavy (non-hydrogen) atoms. The minimum absolute atomic E-state index is 0.110. The van der Waals surface area contributed by atoms with E-state index in [4.69, 9.17) is 4.42 Å². The summed E-state index contributed by atoms with van der Waals surface area (Å²) in [6.07, 6.45) is 0. The fourth-order valence-electron chi connectivity index (χ4n) is 1.65. The summed E-state index contributed by atoms with van der Waals surface area (Å²) in [5.41, 5.74) is 1.96. The van der Waals surface area contributed by atoms with Gasteiger partial charge in [-0.3, -0.25) is 0 Å². The number of oxazole rings is 1. The number of fused-ring (bicyclic) bond motifs is 1.